The van der Waals surface area contributed by atoms with Crippen molar-refractivity contribution >= 4 is 10.1 Å². The molecule has 0 spiro atoms. The van der Waals surface area contributed by atoms with E-state index in [9.17, 15) is 13.5 Å². The summed E-state index contributed by atoms with van der Waals surface area (Å²) in [5.74, 6) is -0.283. The van der Waals surface area contributed by atoms with Gasteiger partial charge in [-0.05, 0) is 32.8 Å². The lowest BCUT2D eigenvalue weighted by Crippen LogP contribution is -2.34. The van der Waals surface area contributed by atoms with Gasteiger partial charge in [0.25, 0.3) is 10.1 Å². The summed E-state index contributed by atoms with van der Waals surface area (Å²) in [7, 11) is -3.90. The van der Waals surface area contributed by atoms with E-state index in [0.29, 0.717) is 6.42 Å². The minimum Gasteiger partial charge on any atom is -0.511 e. The summed E-state index contributed by atoms with van der Waals surface area (Å²) in [4.78, 5) is 0. The Morgan fingerprint density at radius 1 is 1.50 bits per heavy atom. The number of rotatable bonds is 5. The van der Waals surface area contributed by atoms with Crippen molar-refractivity contribution < 1.29 is 18.1 Å². The molecule has 6 heteroatoms. The Morgan fingerprint density at radius 2 is 2.00 bits per heavy atom. The van der Waals surface area contributed by atoms with E-state index in [-0.39, 0.29) is 17.9 Å². The maximum atomic E-state index is 10.3. The van der Waals surface area contributed by atoms with Crippen molar-refractivity contribution in [2.75, 3.05) is 5.75 Å². The number of allylic oxidation sites excluding steroid dienone is 1. The fourth-order valence-electron chi connectivity index (χ4n) is 0.768. The molecule has 0 atom stereocenters. The fraction of sp³-hybridized carbons (Fsp3) is 0.750. The zero-order valence-corrected chi connectivity index (χ0v) is 9.21. The molecule has 0 radical (unpaired) electrons. The van der Waals surface area contributed by atoms with Gasteiger partial charge in [-0.1, -0.05) is 0 Å². The Morgan fingerprint density at radius 3 is 2.36 bits per heavy atom. The quantitative estimate of drug-likeness (QED) is 0.364. The average molecular weight is 223 g/mol. The molecule has 0 aliphatic rings. The molecule has 0 aromatic carbocycles. The van der Waals surface area contributed by atoms with Gasteiger partial charge in [0, 0.05) is 0 Å². The molecule has 0 heterocycles. The maximum Gasteiger partial charge on any atom is 0.264 e. The second-order valence-corrected chi connectivity index (χ2v) is 5.31. The summed E-state index contributed by atoms with van der Waals surface area (Å²) in [6.45, 7) is 3.28. The minimum absolute atomic E-state index is 0.0211. The third-order valence-corrected chi connectivity index (χ3v) is 2.41. The molecular formula is C8H17NO4S. The standard InChI is InChI=1S/C8H17NO4S/c1-8(2,9)7(10)5-3-4-6-14(11,12)13/h5,10H,3-4,6,9H2,1-2H3,(H,11,12,13). The molecule has 0 aliphatic carbocycles. The number of aliphatic hydroxyl groups is 1. The van der Waals surface area contributed by atoms with Gasteiger partial charge in [0.1, 0.15) is 5.76 Å². The second-order valence-electron chi connectivity index (χ2n) is 3.74. The Hall–Kier alpha value is -0.590. The van der Waals surface area contributed by atoms with E-state index >= 15 is 0 Å². The summed E-state index contributed by atoms with van der Waals surface area (Å²) < 4.78 is 29.0. The van der Waals surface area contributed by atoms with Crippen LogP contribution in [0.4, 0.5) is 0 Å². The lowest BCUT2D eigenvalue weighted by Gasteiger charge is -2.17. The van der Waals surface area contributed by atoms with Gasteiger partial charge in [-0.25, -0.2) is 0 Å². The van der Waals surface area contributed by atoms with Crippen LogP contribution < -0.4 is 5.73 Å². The van der Waals surface area contributed by atoms with Crippen molar-refractivity contribution in [3.8, 4) is 0 Å². The van der Waals surface area contributed by atoms with E-state index in [1.165, 1.54) is 6.08 Å². The third-order valence-electron chi connectivity index (χ3n) is 1.60. The van der Waals surface area contributed by atoms with Crippen LogP contribution in [0.25, 0.3) is 0 Å². The summed E-state index contributed by atoms with van der Waals surface area (Å²) in [6, 6.07) is 0. The largest absolute Gasteiger partial charge is 0.511 e. The first-order valence-electron chi connectivity index (χ1n) is 4.26. The molecule has 5 nitrogen and oxygen atoms in total. The van der Waals surface area contributed by atoms with E-state index in [1.807, 2.05) is 0 Å². The normalized spacial score (nSPS) is 14.4. The average Bonchev–Trinajstić information content (AvgIpc) is 1.93. The maximum absolute atomic E-state index is 10.3. The van der Waals surface area contributed by atoms with Crippen molar-refractivity contribution in [2.24, 2.45) is 5.73 Å². The predicted octanol–water partition coefficient (Wildman–Crippen LogP) is 0.834. The molecule has 0 bridgehead atoms. The summed E-state index contributed by atoms with van der Waals surface area (Å²) in [6.07, 6.45) is 2.09. The van der Waals surface area contributed by atoms with Crippen LogP contribution in [0.15, 0.2) is 11.8 Å². The molecule has 0 aromatic rings. The van der Waals surface area contributed by atoms with Crippen molar-refractivity contribution in [3.05, 3.63) is 11.8 Å². The Balaban J connectivity index is 3.96. The zero-order chi connectivity index (χ0) is 11.4. The molecule has 4 N–H and O–H groups in total. The summed E-state index contributed by atoms with van der Waals surface area (Å²) in [5.41, 5.74) is 4.75. The number of nitrogens with two attached hydrogens (primary N) is 1. The Labute approximate surface area is 84.4 Å². The van der Waals surface area contributed by atoms with Crippen LogP contribution in [0, 0.1) is 0 Å². The van der Waals surface area contributed by atoms with Crippen LogP contribution in [-0.4, -0.2) is 29.4 Å². The number of unbranched alkanes of at least 4 members (excludes halogenated alkanes) is 1. The lowest BCUT2D eigenvalue weighted by atomic mass is 10.0. The molecule has 0 saturated carbocycles. The molecule has 0 fully saturated rings. The smallest absolute Gasteiger partial charge is 0.264 e. The topological polar surface area (TPSA) is 101 Å². The van der Waals surface area contributed by atoms with Gasteiger partial charge in [-0.15, -0.1) is 0 Å². The van der Waals surface area contributed by atoms with E-state index in [0.717, 1.165) is 0 Å². The first-order valence-corrected chi connectivity index (χ1v) is 5.87. The fourth-order valence-corrected chi connectivity index (χ4v) is 1.30. The zero-order valence-electron chi connectivity index (χ0n) is 8.40. The van der Waals surface area contributed by atoms with Crippen molar-refractivity contribution in [3.63, 3.8) is 0 Å². The van der Waals surface area contributed by atoms with Crippen molar-refractivity contribution in [1.82, 2.24) is 0 Å². The third kappa shape index (κ3) is 6.88. The number of aliphatic hydroxyl groups excluding tert-OH is 1. The first kappa shape index (κ1) is 13.4. The highest BCUT2D eigenvalue weighted by Gasteiger charge is 2.15. The molecule has 0 amide bonds. The molecular weight excluding hydrogens is 206 g/mol. The van der Waals surface area contributed by atoms with E-state index < -0.39 is 15.7 Å². The monoisotopic (exact) mass is 223 g/mol. The SMILES string of the molecule is CC(C)(N)C(O)=CCCCS(=O)(=O)O. The van der Waals surface area contributed by atoms with Gasteiger partial charge in [-0.3, -0.25) is 4.55 Å². The molecule has 0 saturated heterocycles. The van der Waals surface area contributed by atoms with Gasteiger partial charge in [-0.2, -0.15) is 8.42 Å². The molecule has 14 heavy (non-hydrogen) atoms. The van der Waals surface area contributed by atoms with Gasteiger partial charge >= 0.3 is 0 Å². The number of hydrogen-bond acceptors (Lipinski definition) is 4. The molecule has 84 valence electrons. The summed E-state index contributed by atoms with van der Waals surface area (Å²) in [5, 5.41) is 9.34. The van der Waals surface area contributed by atoms with Gasteiger partial charge in [0.2, 0.25) is 0 Å². The lowest BCUT2D eigenvalue weighted by molar-refractivity contribution is 0.319. The van der Waals surface area contributed by atoms with Crippen LogP contribution in [0.2, 0.25) is 0 Å². The highest BCUT2D eigenvalue weighted by Crippen LogP contribution is 2.10. The molecule has 0 rings (SSSR count). The van der Waals surface area contributed by atoms with Gasteiger partial charge in [0.05, 0.1) is 11.3 Å². The first-order chi connectivity index (χ1) is 6.13. The van der Waals surface area contributed by atoms with Crippen LogP contribution in [0.5, 0.6) is 0 Å². The van der Waals surface area contributed by atoms with Gasteiger partial charge < -0.3 is 10.8 Å². The highest BCUT2D eigenvalue weighted by molar-refractivity contribution is 7.85. The predicted molar refractivity (Wildman–Crippen MR) is 54.6 cm³/mol. The molecule has 0 aliphatic heterocycles. The summed E-state index contributed by atoms with van der Waals surface area (Å²) >= 11 is 0. The minimum atomic E-state index is -3.90. The Kier molecular flexibility index (Phi) is 4.57. The Bertz CT molecular complexity index is 300. The molecule has 0 aromatic heterocycles. The van der Waals surface area contributed by atoms with E-state index in [4.69, 9.17) is 10.3 Å². The van der Waals surface area contributed by atoms with Crippen LogP contribution in [-0.2, 0) is 10.1 Å². The van der Waals surface area contributed by atoms with Crippen LogP contribution in [0.1, 0.15) is 26.7 Å². The number of hydrogen-bond donors (Lipinski definition) is 3. The van der Waals surface area contributed by atoms with Crippen LogP contribution in [0.3, 0.4) is 0 Å². The van der Waals surface area contributed by atoms with E-state index in [1.54, 1.807) is 13.8 Å². The van der Waals surface area contributed by atoms with Crippen LogP contribution >= 0.6 is 0 Å². The van der Waals surface area contributed by atoms with Gasteiger partial charge in [0.15, 0.2) is 0 Å². The molecule has 0 unspecified atom stereocenters. The van der Waals surface area contributed by atoms with Crippen molar-refractivity contribution in [2.45, 2.75) is 32.2 Å². The van der Waals surface area contributed by atoms with Crippen molar-refractivity contribution in [1.29, 1.82) is 0 Å². The second kappa shape index (κ2) is 4.77. The highest BCUT2D eigenvalue weighted by atomic mass is 32.2. The van der Waals surface area contributed by atoms with E-state index in [2.05, 4.69) is 0 Å².